The van der Waals surface area contributed by atoms with Crippen LogP contribution in [0.15, 0.2) is 18.2 Å². The number of nitrogens with one attached hydrogen (secondary N) is 1. The van der Waals surface area contributed by atoms with E-state index >= 15 is 0 Å². The molecule has 0 unspecified atom stereocenters. The second kappa shape index (κ2) is 11.4. The van der Waals surface area contributed by atoms with Gasteiger partial charge in [-0.05, 0) is 38.1 Å². The first-order chi connectivity index (χ1) is 16.3. The van der Waals surface area contributed by atoms with E-state index in [4.69, 9.17) is 32.7 Å². The molecule has 0 bridgehead atoms. The fourth-order valence-corrected chi connectivity index (χ4v) is 5.30. The van der Waals surface area contributed by atoms with E-state index in [0.717, 1.165) is 26.2 Å². The first-order valence-electron chi connectivity index (χ1n) is 11.7. The lowest BCUT2D eigenvalue weighted by Crippen LogP contribution is -2.58. The topological polar surface area (TPSA) is 94.6 Å². The first-order valence-corrected chi connectivity index (χ1v) is 12.5. The summed E-state index contributed by atoms with van der Waals surface area (Å²) >= 11 is 12.1. The van der Waals surface area contributed by atoms with Crippen LogP contribution in [0.1, 0.15) is 19.3 Å². The number of rotatable bonds is 3. The zero-order valence-corrected chi connectivity index (χ0v) is 20.8. The van der Waals surface area contributed by atoms with Crippen molar-refractivity contribution >= 4 is 40.8 Å². The number of carbonyl (C=O) groups excluding carboxylic acids is 2. The maximum atomic E-state index is 13.2. The molecule has 3 aliphatic heterocycles. The summed E-state index contributed by atoms with van der Waals surface area (Å²) in [6.45, 7) is 3.67. The quantitative estimate of drug-likeness (QED) is 0.642. The molecule has 1 aromatic carbocycles. The fourth-order valence-electron chi connectivity index (χ4n) is 4.78. The zero-order valence-electron chi connectivity index (χ0n) is 19.3. The number of anilines is 1. The van der Waals surface area contributed by atoms with Crippen molar-refractivity contribution < 1.29 is 24.2 Å². The van der Waals surface area contributed by atoms with E-state index in [1.165, 1.54) is 0 Å². The third-order valence-electron chi connectivity index (χ3n) is 6.61. The van der Waals surface area contributed by atoms with E-state index in [-0.39, 0.29) is 49.9 Å². The van der Waals surface area contributed by atoms with Crippen molar-refractivity contribution in [2.45, 2.75) is 43.6 Å². The number of aliphatic hydroxyl groups is 1. The molecule has 0 radical (unpaired) electrons. The molecule has 4 rings (SSSR count). The van der Waals surface area contributed by atoms with Gasteiger partial charge < -0.3 is 34.6 Å². The van der Waals surface area contributed by atoms with Gasteiger partial charge in [-0.25, -0.2) is 4.79 Å². The lowest BCUT2D eigenvalue weighted by molar-refractivity contribution is -0.155. The number of β-amino-alcohol motifs (C(OH)–C–C–N with tert-alkyl or cyclic N) is 1. The van der Waals surface area contributed by atoms with Crippen molar-refractivity contribution in [1.82, 2.24) is 14.7 Å². The zero-order chi connectivity index (χ0) is 24.2. The van der Waals surface area contributed by atoms with Crippen LogP contribution in [0.25, 0.3) is 0 Å². The van der Waals surface area contributed by atoms with Gasteiger partial charge in [-0.3, -0.25) is 4.79 Å². The van der Waals surface area contributed by atoms with E-state index in [1.807, 2.05) is 4.90 Å². The van der Waals surface area contributed by atoms with E-state index in [2.05, 4.69) is 17.3 Å². The number of ether oxygens (including phenoxy) is 2. The van der Waals surface area contributed by atoms with Crippen LogP contribution in [0, 0.1) is 0 Å². The molecule has 0 saturated carbocycles. The van der Waals surface area contributed by atoms with Gasteiger partial charge in [0.25, 0.3) is 0 Å². The molecule has 3 amide bonds. The van der Waals surface area contributed by atoms with Crippen molar-refractivity contribution in [2.75, 3.05) is 58.3 Å². The Labute approximate surface area is 209 Å². The lowest BCUT2D eigenvalue weighted by atomic mass is 9.94. The van der Waals surface area contributed by atoms with Gasteiger partial charge in [0, 0.05) is 41.9 Å². The molecular weight excluding hydrogens is 483 g/mol. The highest BCUT2D eigenvalue weighted by molar-refractivity contribution is 6.35. The number of hydrogen-bond acceptors (Lipinski definition) is 6. The van der Waals surface area contributed by atoms with Gasteiger partial charge in [-0.15, -0.1) is 0 Å². The number of aliphatic hydroxyl groups excluding tert-OH is 1. The second-order valence-corrected chi connectivity index (χ2v) is 10.1. The smallest absolute Gasteiger partial charge is 0.322 e. The molecule has 11 heteroatoms. The number of halogens is 2. The third-order valence-corrected chi connectivity index (χ3v) is 7.05. The van der Waals surface area contributed by atoms with Gasteiger partial charge in [-0.1, -0.05) is 23.2 Å². The minimum atomic E-state index is -0.814. The highest BCUT2D eigenvalue weighted by Crippen LogP contribution is 2.29. The summed E-state index contributed by atoms with van der Waals surface area (Å²) in [5.41, 5.74) is 0.472. The average Bonchev–Trinajstić information content (AvgIpc) is 2.76. The maximum absolute atomic E-state index is 13.2. The molecule has 1 aromatic rings. The van der Waals surface area contributed by atoms with Crippen LogP contribution in [0.3, 0.4) is 0 Å². The third kappa shape index (κ3) is 6.53. The van der Waals surface area contributed by atoms with Crippen LogP contribution in [0.4, 0.5) is 10.5 Å². The Morgan fingerprint density at radius 1 is 1.09 bits per heavy atom. The molecule has 0 spiro atoms. The summed E-state index contributed by atoms with van der Waals surface area (Å²) < 4.78 is 11.9. The van der Waals surface area contributed by atoms with Crippen LogP contribution in [0.5, 0.6) is 0 Å². The van der Waals surface area contributed by atoms with Crippen LogP contribution in [0.2, 0.25) is 10.0 Å². The van der Waals surface area contributed by atoms with Crippen LogP contribution in [-0.4, -0.2) is 109 Å². The van der Waals surface area contributed by atoms with E-state index in [1.54, 1.807) is 23.1 Å². The molecule has 9 nitrogen and oxygen atoms in total. The molecule has 2 N–H and O–H groups in total. The molecule has 3 saturated heterocycles. The number of fused-ring (bicyclic) bond motifs is 1. The number of amides is 3. The SMILES string of the molecule is CN1CCN(C(=O)C[C@H]2CC[C@H]3[C@@H](COC[C@@H](O)CN3C(=O)Nc3cc(Cl)cc(Cl)c3)O2)CC1. The molecule has 0 aliphatic carbocycles. The van der Waals surface area contributed by atoms with Crippen molar-refractivity contribution in [2.24, 2.45) is 0 Å². The molecule has 0 aromatic heterocycles. The molecule has 3 fully saturated rings. The minimum Gasteiger partial charge on any atom is -0.389 e. The van der Waals surface area contributed by atoms with Crippen molar-refractivity contribution in [3.63, 3.8) is 0 Å². The maximum Gasteiger partial charge on any atom is 0.322 e. The highest BCUT2D eigenvalue weighted by atomic mass is 35.5. The largest absolute Gasteiger partial charge is 0.389 e. The summed E-state index contributed by atoms with van der Waals surface area (Å²) in [4.78, 5) is 31.7. The van der Waals surface area contributed by atoms with Gasteiger partial charge in [0.05, 0.1) is 44.4 Å². The number of carbonyl (C=O) groups is 2. The van der Waals surface area contributed by atoms with Gasteiger partial charge in [-0.2, -0.15) is 0 Å². The summed E-state index contributed by atoms with van der Waals surface area (Å²) in [5, 5.41) is 14.0. The predicted molar refractivity (Wildman–Crippen MR) is 129 cm³/mol. The van der Waals surface area contributed by atoms with E-state index < -0.39 is 6.10 Å². The molecule has 4 atom stereocenters. The minimum absolute atomic E-state index is 0.101. The summed E-state index contributed by atoms with van der Waals surface area (Å²) in [5.74, 6) is 0.103. The first kappa shape index (κ1) is 25.5. The Hall–Kier alpha value is -1.62. The van der Waals surface area contributed by atoms with E-state index in [9.17, 15) is 14.7 Å². The lowest BCUT2D eigenvalue weighted by Gasteiger charge is -2.44. The number of nitrogens with zero attached hydrogens (tertiary/aromatic N) is 3. The number of urea groups is 1. The van der Waals surface area contributed by atoms with Crippen molar-refractivity contribution in [1.29, 1.82) is 0 Å². The summed E-state index contributed by atoms with van der Waals surface area (Å²) in [6.07, 6.45) is 0.182. The van der Waals surface area contributed by atoms with Crippen LogP contribution < -0.4 is 5.32 Å². The van der Waals surface area contributed by atoms with Gasteiger partial charge >= 0.3 is 6.03 Å². The van der Waals surface area contributed by atoms with Gasteiger partial charge in [0.1, 0.15) is 6.10 Å². The van der Waals surface area contributed by atoms with Crippen LogP contribution in [-0.2, 0) is 14.3 Å². The Morgan fingerprint density at radius 2 is 1.79 bits per heavy atom. The average molecular weight is 515 g/mol. The van der Waals surface area contributed by atoms with Crippen molar-refractivity contribution in [3.8, 4) is 0 Å². The number of likely N-dealkylation sites (N-methyl/N-ethyl adjacent to an activating group) is 1. The standard InChI is InChI=1S/C23H32Cl2N4O5/c1-27-4-6-28(7-5-27)22(31)11-19-2-3-20-21(34-19)14-33-13-18(30)12-29(20)23(32)26-17-9-15(24)8-16(25)10-17/h8-10,18-21,30H,2-7,11-14H2,1H3,(H,26,32)/t18-,19+,20-,21+/m0/s1. The monoisotopic (exact) mass is 514 g/mol. The molecule has 188 valence electrons. The molecule has 3 aliphatic rings. The number of hydrogen-bond donors (Lipinski definition) is 2. The van der Waals surface area contributed by atoms with Gasteiger partial charge in [0.15, 0.2) is 0 Å². The van der Waals surface area contributed by atoms with Crippen molar-refractivity contribution in [3.05, 3.63) is 28.2 Å². The second-order valence-electron chi connectivity index (χ2n) is 9.26. The Bertz CT molecular complexity index is 863. The highest BCUT2D eigenvalue weighted by Gasteiger charge is 2.40. The normalized spacial score (nSPS) is 28.6. The molecule has 34 heavy (non-hydrogen) atoms. The van der Waals surface area contributed by atoms with Gasteiger partial charge in [0.2, 0.25) is 5.91 Å². The summed E-state index contributed by atoms with van der Waals surface area (Å²) in [7, 11) is 2.06. The Morgan fingerprint density at radius 3 is 2.50 bits per heavy atom. The Kier molecular flexibility index (Phi) is 8.55. The predicted octanol–water partition coefficient (Wildman–Crippen LogP) is 2.30. The van der Waals surface area contributed by atoms with Crippen LogP contribution >= 0.6 is 23.2 Å². The fraction of sp³-hybridized carbons (Fsp3) is 0.652. The number of benzene rings is 1. The molecular formula is C23H32Cl2N4O5. The summed E-state index contributed by atoms with van der Waals surface area (Å²) in [6, 6.07) is 4.15. The Balaban J connectivity index is 1.41. The number of piperazine rings is 1. The molecule has 3 heterocycles. The van der Waals surface area contributed by atoms with E-state index in [0.29, 0.717) is 35.0 Å².